The molecule has 1 aromatic rings. The molecule has 16 heavy (non-hydrogen) atoms. The van der Waals surface area contributed by atoms with Gasteiger partial charge in [0.1, 0.15) is 0 Å². The molecule has 0 spiro atoms. The molecule has 1 aromatic carbocycles. The van der Waals surface area contributed by atoms with E-state index in [1.165, 1.54) is 6.07 Å². The van der Waals surface area contributed by atoms with Crippen LogP contribution in [-0.4, -0.2) is 22.6 Å². The molecular weight excluding hydrogens is 208 g/mol. The van der Waals surface area contributed by atoms with Gasteiger partial charge in [0.05, 0.1) is 11.5 Å². The van der Waals surface area contributed by atoms with E-state index in [1.807, 2.05) is 0 Å². The number of aromatic carboxylic acids is 1. The molecule has 1 N–H and O–H groups in total. The van der Waals surface area contributed by atoms with Crippen molar-refractivity contribution >= 4 is 17.5 Å². The number of benzene rings is 1. The van der Waals surface area contributed by atoms with Crippen LogP contribution < -0.4 is 0 Å². The predicted octanol–water partition coefficient (Wildman–Crippen LogP) is 1.40. The lowest BCUT2D eigenvalue weighted by atomic mass is 9.92. The van der Waals surface area contributed by atoms with E-state index in [9.17, 15) is 14.4 Å². The molecule has 0 bridgehead atoms. The van der Waals surface area contributed by atoms with Crippen LogP contribution in [0.2, 0.25) is 0 Å². The van der Waals surface area contributed by atoms with Crippen LogP contribution >= 0.6 is 0 Å². The highest BCUT2D eigenvalue weighted by Gasteiger charge is 2.35. The van der Waals surface area contributed by atoms with E-state index in [1.54, 1.807) is 18.2 Å². The van der Waals surface area contributed by atoms with Crippen LogP contribution in [0.5, 0.6) is 0 Å². The molecule has 1 fully saturated rings. The van der Waals surface area contributed by atoms with Crippen LogP contribution in [0.25, 0.3) is 0 Å². The van der Waals surface area contributed by atoms with Crippen molar-refractivity contribution in [2.24, 2.45) is 0 Å². The first-order chi connectivity index (χ1) is 7.61. The Hall–Kier alpha value is -1.97. The molecule has 1 atom stereocenters. The number of carboxylic acids is 1. The van der Waals surface area contributed by atoms with Crippen molar-refractivity contribution in [2.45, 2.75) is 18.8 Å². The summed E-state index contributed by atoms with van der Waals surface area (Å²) in [6.45, 7) is 0. The Bertz CT molecular complexity index is 476. The minimum Gasteiger partial charge on any atom is -0.478 e. The van der Waals surface area contributed by atoms with Gasteiger partial charge in [0.25, 0.3) is 0 Å². The van der Waals surface area contributed by atoms with Gasteiger partial charge in [0.2, 0.25) is 5.78 Å². The molecule has 0 heterocycles. The normalized spacial score (nSPS) is 20.1. The Morgan fingerprint density at radius 3 is 2.50 bits per heavy atom. The molecule has 4 heteroatoms. The molecular formula is C12H10O4. The summed E-state index contributed by atoms with van der Waals surface area (Å²) in [5, 5.41) is 8.98. The average Bonchev–Trinajstić information content (AvgIpc) is 2.60. The maximum Gasteiger partial charge on any atom is 0.335 e. The minimum atomic E-state index is -1.07. The fourth-order valence-electron chi connectivity index (χ4n) is 2.02. The monoisotopic (exact) mass is 218 g/mol. The first-order valence-corrected chi connectivity index (χ1v) is 5.00. The van der Waals surface area contributed by atoms with Gasteiger partial charge in [-0.25, -0.2) is 4.79 Å². The van der Waals surface area contributed by atoms with Crippen LogP contribution in [0.4, 0.5) is 0 Å². The second-order valence-electron chi connectivity index (χ2n) is 3.77. The van der Waals surface area contributed by atoms with Gasteiger partial charge < -0.3 is 5.11 Å². The number of hydrogen-bond acceptors (Lipinski definition) is 3. The maximum absolute atomic E-state index is 11.5. The van der Waals surface area contributed by atoms with E-state index in [0.717, 1.165) is 0 Å². The highest BCUT2D eigenvalue weighted by molar-refractivity contribution is 6.41. The van der Waals surface area contributed by atoms with Gasteiger partial charge in [-0.2, -0.15) is 0 Å². The van der Waals surface area contributed by atoms with Crippen LogP contribution in [0.3, 0.4) is 0 Å². The number of hydrogen-bond donors (Lipinski definition) is 1. The second-order valence-corrected chi connectivity index (χ2v) is 3.77. The Morgan fingerprint density at radius 2 is 1.94 bits per heavy atom. The molecule has 1 saturated carbocycles. The van der Waals surface area contributed by atoms with E-state index in [-0.39, 0.29) is 12.0 Å². The zero-order valence-electron chi connectivity index (χ0n) is 8.47. The third-order valence-corrected chi connectivity index (χ3v) is 2.82. The Kier molecular flexibility index (Phi) is 2.56. The first-order valence-electron chi connectivity index (χ1n) is 5.00. The zero-order valence-corrected chi connectivity index (χ0v) is 8.47. The topological polar surface area (TPSA) is 71.4 Å². The molecule has 82 valence electrons. The van der Waals surface area contributed by atoms with E-state index in [2.05, 4.69) is 0 Å². The summed E-state index contributed by atoms with van der Waals surface area (Å²) < 4.78 is 0. The summed E-state index contributed by atoms with van der Waals surface area (Å²) in [6.07, 6.45) is 0.638. The third kappa shape index (κ3) is 1.62. The first kappa shape index (κ1) is 10.5. The van der Waals surface area contributed by atoms with Gasteiger partial charge in [-0.05, 0) is 18.1 Å². The Morgan fingerprint density at radius 1 is 1.25 bits per heavy atom. The Balaban J connectivity index is 2.45. The number of ketones is 2. The minimum absolute atomic E-state index is 0.107. The lowest BCUT2D eigenvalue weighted by Gasteiger charge is -2.10. The number of Topliss-reactive ketones (excluding diaryl/α,β-unsaturated/α-hetero) is 2. The van der Waals surface area contributed by atoms with Crippen molar-refractivity contribution in [2.75, 3.05) is 0 Å². The van der Waals surface area contributed by atoms with Gasteiger partial charge in [0, 0.05) is 6.42 Å². The lowest BCUT2D eigenvalue weighted by molar-refractivity contribution is -0.134. The lowest BCUT2D eigenvalue weighted by Crippen LogP contribution is -2.14. The standard InChI is InChI=1S/C12H10O4/c13-10-6-5-8(11(10)14)7-3-1-2-4-9(7)12(15)16/h1-4,8H,5-6H2,(H,15,16). The van der Waals surface area contributed by atoms with E-state index in [0.29, 0.717) is 12.0 Å². The summed E-state index contributed by atoms with van der Waals surface area (Å²) in [7, 11) is 0. The molecule has 1 aliphatic rings. The van der Waals surface area contributed by atoms with Crippen molar-refractivity contribution < 1.29 is 19.5 Å². The molecule has 0 aromatic heterocycles. The summed E-state index contributed by atoms with van der Waals surface area (Å²) >= 11 is 0. The van der Waals surface area contributed by atoms with Crippen molar-refractivity contribution in [1.82, 2.24) is 0 Å². The summed E-state index contributed by atoms with van der Waals surface area (Å²) in [5.41, 5.74) is 0.557. The highest BCUT2D eigenvalue weighted by atomic mass is 16.4. The molecule has 1 aliphatic carbocycles. The van der Waals surface area contributed by atoms with E-state index >= 15 is 0 Å². The van der Waals surface area contributed by atoms with Crippen molar-refractivity contribution in [3.63, 3.8) is 0 Å². The zero-order chi connectivity index (χ0) is 11.7. The van der Waals surface area contributed by atoms with Crippen LogP contribution in [-0.2, 0) is 9.59 Å². The number of rotatable bonds is 2. The number of carbonyl (C=O) groups is 3. The van der Waals surface area contributed by atoms with Gasteiger partial charge in [-0.15, -0.1) is 0 Å². The van der Waals surface area contributed by atoms with Crippen LogP contribution in [0, 0.1) is 0 Å². The summed E-state index contributed by atoms with van der Waals surface area (Å²) in [4.78, 5) is 33.7. The molecule has 0 aliphatic heterocycles. The van der Waals surface area contributed by atoms with E-state index in [4.69, 9.17) is 5.11 Å². The van der Waals surface area contributed by atoms with E-state index < -0.39 is 23.5 Å². The van der Waals surface area contributed by atoms with Crippen LogP contribution in [0.1, 0.15) is 34.7 Å². The smallest absolute Gasteiger partial charge is 0.335 e. The molecule has 0 amide bonds. The second kappa shape index (κ2) is 3.89. The Labute approximate surface area is 91.9 Å². The van der Waals surface area contributed by atoms with Crippen molar-refractivity contribution in [1.29, 1.82) is 0 Å². The molecule has 4 nitrogen and oxygen atoms in total. The molecule has 0 radical (unpaired) electrons. The molecule has 2 rings (SSSR count). The largest absolute Gasteiger partial charge is 0.478 e. The predicted molar refractivity (Wildman–Crippen MR) is 55.4 cm³/mol. The SMILES string of the molecule is O=C1CCC(c2ccccc2C(=O)O)C1=O. The van der Waals surface area contributed by atoms with Crippen LogP contribution in [0.15, 0.2) is 24.3 Å². The van der Waals surface area contributed by atoms with Gasteiger partial charge in [0.15, 0.2) is 5.78 Å². The summed E-state index contributed by atoms with van der Waals surface area (Å²) in [6, 6.07) is 6.34. The van der Waals surface area contributed by atoms with Crippen molar-refractivity contribution in [3.8, 4) is 0 Å². The van der Waals surface area contributed by atoms with Gasteiger partial charge in [-0.3, -0.25) is 9.59 Å². The number of carboxylic acid groups (broad SMARTS) is 1. The summed E-state index contributed by atoms with van der Waals surface area (Å²) in [5.74, 6) is -2.50. The molecule has 0 saturated heterocycles. The fraction of sp³-hybridized carbons (Fsp3) is 0.250. The van der Waals surface area contributed by atoms with Crippen molar-refractivity contribution in [3.05, 3.63) is 35.4 Å². The quantitative estimate of drug-likeness (QED) is 0.761. The third-order valence-electron chi connectivity index (χ3n) is 2.82. The average molecular weight is 218 g/mol. The molecule has 1 unspecified atom stereocenters. The van der Waals surface area contributed by atoms with Gasteiger partial charge in [-0.1, -0.05) is 18.2 Å². The number of carbonyl (C=O) groups excluding carboxylic acids is 2. The maximum atomic E-state index is 11.5. The highest BCUT2D eigenvalue weighted by Crippen LogP contribution is 2.31. The fourth-order valence-corrected chi connectivity index (χ4v) is 2.02. The van der Waals surface area contributed by atoms with Gasteiger partial charge >= 0.3 is 5.97 Å².